The van der Waals surface area contributed by atoms with Gasteiger partial charge >= 0.3 is 0 Å². The molecule has 0 radical (unpaired) electrons. The van der Waals surface area contributed by atoms with Gasteiger partial charge in [0.05, 0.1) is 4.90 Å². The molecule has 5 nitrogen and oxygen atoms in total. The maximum Gasteiger partial charge on any atom is 0.224 e. The highest BCUT2D eigenvalue weighted by molar-refractivity contribution is 7.93. The van der Waals surface area contributed by atoms with Gasteiger partial charge in [0, 0.05) is 25.8 Å². The second-order valence-corrected chi connectivity index (χ2v) is 10.4. The molecule has 1 heterocycles. The van der Waals surface area contributed by atoms with Gasteiger partial charge in [0.15, 0.2) is 0 Å². The van der Waals surface area contributed by atoms with E-state index in [0.29, 0.717) is 10.5 Å². The van der Waals surface area contributed by atoms with Crippen molar-refractivity contribution in [3.05, 3.63) is 76.9 Å². The molecule has 2 aliphatic carbocycles. The summed E-state index contributed by atoms with van der Waals surface area (Å²) in [6.45, 7) is 2.69. The molecule has 5 rings (SSSR count). The van der Waals surface area contributed by atoms with Gasteiger partial charge in [0.25, 0.3) is 0 Å². The van der Waals surface area contributed by atoms with Crippen LogP contribution in [0.2, 0.25) is 0 Å². The van der Waals surface area contributed by atoms with Gasteiger partial charge in [0.2, 0.25) is 14.8 Å². The Balaban J connectivity index is 1.83. The summed E-state index contributed by atoms with van der Waals surface area (Å²) in [7, 11) is -1.02. The van der Waals surface area contributed by atoms with Crippen LogP contribution in [0.3, 0.4) is 0 Å². The highest BCUT2D eigenvalue weighted by atomic mass is 32.2. The third-order valence-electron chi connectivity index (χ3n) is 6.94. The van der Waals surface area contributed by atoms with Crippen LogP contribution in [0.5, 0.6) is 0 Å². The Morgan fingerprint density at radius 1 is 1.10 bits per heavy atom. The van der Waals surface area contributed by atoms with Gasteiger partial charge < -0.3 is 14.8 Å². The van der Waals surface area contributed by atoms with Crippen molar-refractivity contribution in [2.24, 2.45) is 0 Å². The van der Waals surface area contributed by atoms with Crippen LogP contribution in [0.4, 0.5) is 0 Å². The zero-order valence-electron chi connectivity index (χ0n) is 18.0. The van der Waals surface area contributed by atoms with E-state index in [1.54, 1.807) is 25.1 Å². The molecule has 3 atom stereocenters. The molecule has 2 aromatic rings. The molecule has 0 amide bonds. The minimum Gasteiger partial charge on any atom is -0.373 e. The molecule has 0 saturated heterocycles. The van der Waals surface area contributed by atoms with E-state index < -0.39 is 20.9 Å². The fourth-order valence-electron chi connectivity index (χ4n) is 5.50. The Bertz CT molecular complexity index is 1210. The predicted molar refractivity (Wildman–Crippen MR) is 121 cm³/mol. The Morgan fingerprint density at radius 2 is 1.90 bits per heavy atom. The Labute approximate surface area is 183 Å². The van der Waals surface area contributed by atoms with E-state index in [1.807, 2.05) is 30.3 Å². The van der Waals surface area contributed by atoms with Gasteiger partial charge in [-0.25, -0.2) is 8.42 Å². The average Bonchev–Trinajstić information content (AvgIpc) is 2.79. The molecule has 1 aliphatic heterocycles. The average molecular weight is 438 g/mol. The maximum absolute atomic E-state index is 14.4. The summed E-state index contributed by atoms with van der Waals surface area (Å²) in [5.74, 6) is 0. The molecule has 2 aromatic carbocycles. The van der Waals surface area contributed by atoms with E-state index >= 15 is 0 Å². The summed E-state index contributed by atoms with van der Waals surface area (Å²) in [4.78, 5) is -1.32. The summed E-state index contributed by atoms with van der Waals surface area (Å²) >= 11 is 0. The fraction of sp³-hybridized carbons (Fsp3) is 0.360. The lowest BCUT2D eigenvalue weighted by Gasteiger charge is -2.41. The fourth-order valence-corrected chi connectivity index (χ4v) is 7.75. The number of fused-ring (bicyclic) bond motifs is 2. The lowest BCUT2D eigenvalue weighted by atomic mass is 9.78. The number of hydrogen-bond donors (Lipinski definition) is 1. The number of nitrogens with one attached hydrogen (secondary N) is 1. The number of ether oxygens (including phenoxy) is 2. The van der Waals surface area contributed by atoms with Crippen LogP contribution in [0.25, 0.3) is 11.1 Å². The first kappa shape index (κ1) is 20.6. The van der Waals surface area contributed by atoms with Crippen molar-refractivity contribution in [1.82, 2.24) is 5.32 Å². The van der Waals surface area contributed by atoms with E-state index in [-0.39, 0.29) is 6.04 Å². The molecule has 3 aliphatic rings. The monoisotopic (exact) mass is 437 g/mol. The topological polar surface area (TPSA) is 64.6 Å². The third-order valence-corrected chi connectivity index (χ3v) is 9.38. The maximum atomic E-state index is 14.4. The SMILES string of the molecule is COC1C=CC=C(C)C1(OC)S(=O)(=O)c1ccc2c3c1-c1ccccc1CC3NCC2. The second-order valence-electron chi connectivity index (χ2n) is 8.40. The standard InChI is InChI=1S/C25H27NO4S/c1-16-7-6-10-22(29-2)25(16,30-3)31(27,28)21-12-11-17-13-14-26-20-15-18-8-4-5-9-19(18)24(21)23(17)20/h4-12,20,22,26H,13-15H2,1-3H3. The number of benzene rings is 2. The first-order valence-corrected chi connectivity index (χ1v) is 12.1. The highest BCUT2D eigenvalue weighted by Crippen LogP contribution is 2.49. The third kappa shape index (κ3) is 2.75. The van der Waals surface area contributed by atoms with Crippen LogP contribution in [-0.4, -0.2) is 40.2 Å². The number of allylic oxidation sites excluding steroid dienone is 2. The van der Waals surface area contributed by atoms with Crippen molar-refractivity contribution in [2.75, 3.05) is 20.8 Å². The van der Waals surface area contributed by atoms with Gasteiger partial charge in [-0.1, -0.05) is 48.6 Å². The molecule has 0 aromatic heterocycles. The molecule has 0 fully saturated rings. The molecule has 3 unspecified atom stereocenters. The summed E-state index contributed by atoms with van der Waals surface area (Å²) in [5.41, 5.74) is 5.90. The number of sulfone groups is 1. The van der Waals surface area contributed by atoms with Crippen LogP contribution in [-0.2, 0) is 32.2 Å². The zero-order chi connectivity index (χ0) is 21.8. The first-order chi connectivity index (χ1) is 15.0. The lowest BCUT2D eigenvalue weighted by molar-refractivity contribution is -0.0210. The minimum absolute atomic E-state index is 0.114. The smallest absolute Gasteiger partial charge is 0.224 e. The van der Waals surface area contributed by atoms with E-state index in [1.165, 1.54) is 19.8 Å². The molecule has 162 valence electrons. The summed E-state index contributed by atoms with van der Waals surface area (Å²) in [5, 5.41) is 3.60. The minimum atomic E-state index is -3.99. The molecule has 31 heavy (non-hydrogen) atoms. The molecule has 0 saturated carbocycles. The number of methoxy groups -OCH3 is 2. The normalized spacial score (nSPS) is 26.7. The second kappa shape index (κ2) is 7.41. The van der Waals surface area contributed by atoms with Crippen molar-refractivity contribution in [1.29, 1.82) is 0 Å². The van der Waals surface area contributed by atoms with Crippen molar-refractivity contribution in [2.45, 2.75) is 41.7 Å². The van der Waals surface area contributed by atoms with Gasteiger partial charge in [-0.2, -0.15) is 0 Å². The van der Waals surface area contributed by atoms with E-state index in [9.17, 15) is 8.42 Å². The molecule has 6 heteroatoms. The summed E-state index contributed by atoms with van der Waals surface area (Å²) in [6, 6.07) is 12.0. The van der Waals surface area contributed by atoms with Crippen LogP contribution >= 0.6 is 0 Å². The van der Waals surface area contributed by atoms with Crippen LogP contribution in [0, 0.1) is 0 Å². The Kier molecular flexibility index (Phi) is 4.94. The largest absolute Gasteiger partial charge is 0.373 e. The molecule has 0 spiro atoms. The molecular weight excluding hydrogens is 410 g/mol. The van der Waals surface area contributed by atoms with Gasteiger partial charge in [-0.05, 0) is 60.2 Å². The summed E-state index contributed by atoms with van der Waals surface area (Å²) < 4.78 is 40.3. The van der Waals surface area contributed by atoms with Gasteiger partial charge in [-0.3, -0.25) is 0 Å². The van der Waals surface area contributed by atoms with E-state index in [2.05, 4.69) is 11.4 Å². The molecule has 1 N–H and O–H groups in total. The van der Waals surface area contributed by atoms with E-state index in [4.69, 9.17) is 9.47 Å². The first-order valence-electron chi connectivity index (χ1n) is 10.6. The van der Waals surface area contributed by atoms with Gasteiger partial charge in [0.1, 0.15) is 6.10 Å². The molecular formula is C25H27NO4S. The Morgan fingerprint density at radius 3 is 2.68 bits per heavy atom. The Hall–Kier alpha value is -2.25. The van der Waals surface area contributed by atoms with Crippen molar-refractivity contribution in [3.8, 4) is 11.1 Å². The van der Waals surface area contributed by atoms with Crippen LogP contribution < -0.4 is 5.32 Å². The van der Waals surface area contributed by atoms with Gasteiger partial charge in [-0.15, -0.1) is 0 Å². The van der Waals surface area contributed by atoms with Crippen molar-refractivity contribution < 1.29 is 17.9 Å². The predicted octanol–water partition coefficient (Wildman–Crippen LogP) is 3.74. The highest BCUT2D eigenvalue weighted by Gasteiger charge is 2.55. The van der Waals surface area contributed by atoms with Crippen LogP contribution in [0.15, 0.2) is 65.1 Å². The number of rotatable bonds is 4. The van der Waals surface area contributed by atoms with Crippen molar-refractivity contribution >= 4 is 9.84 Å². The number of hydrogen-bond acceptors (Lipinski definition) is 5. The quantitative estimate of drug-likeness (QED) is 0.789. The summed E-state index contributed by atoms with van der Waals surface area (Å²) in [6.07, 6.45) is 6.36. The zero-order valence-corrected chi connectivity index (χ0v) is 18.8. The van der Waals surface area contributed by atoms with Crippen molar-refractivity contribution in [3.63, 3.8) is 0 Å². The van der Waals surface area contributed by atoms with E-state index in [0.717, 1.165) is 41.6 Å². The van der Waals surface area contributed by atoms with Crippen LogP contribution in [0.1, 0.15) is 29.7 Å². The molecule has 0 bridgehead atoms. The lowest BCUT2D eigenvalue weighted by Crippen LogP contribution is -2.53.